The van der Waals surface area contributed by atoms with Crippen molar-refractivity contribution in [1.29, 1.82) is 0 Å². The van der Waals surface area contributed by atoms with Gasteiger partial charge in [0.1, 0.15) is 0 Å². The minimum Gasteiger partial charge on any atom is -0.318 e. The smallest absolute Gasteiger partial charge is 0.286 e. The Morgan fingerprint density at radius 1 is 1.38 bits per heavy atom. The summed E-state index contributed by atoms with van der Waals surface area (Å²) < 4.78 is 2.05. The number of halogens is 1. The molecule has 0 atom stereocenters. The average Bonchev–Trinajstić information content (AvgIpc) is 3.04. The highest BCUT2D eigenvalue weighted by Gasteiger charge is 2.13. The number of amides is 1. The maximum Gasteiger partial charge on any atom is 0.286 e. The second-order valence-electron chi connectivity index (χ2n) is 4.63. The van der Waals surface area contributed by atoms with Gasteiger partial charge >= 0.3 is 0 Å². The lowest BCUT2D eigenvalue weighted by Crippen LogP contribution is -2.12. The number of rotatable bonds is 3. The van der Waals surface area contributed by atoms with Crippen molar-refractivity contribution in [2.24, 2.45) is 0 Å². The van der Waals surface area contributed by atoms with Gasteiger partial charge in [-0.15, -0.1) is 10.2 Å². The summed E-state index contributed by atoms with van der Waals surface area (Å²) in [6, 6.07) is 2.04. The Morgan fingerprint density at radius 3 is 2.86 bits per heavy atom. The van der Waals surface area contributed by atoms with E-state index in [0.29, 0.717) is 5.69 Å². The van der Waals surface area contributed by atoms with Crippen LogP contribution >= 0.6 is 22.9 Å². The molecule has 0 aliphatic rings. The molecule has 1 N–H and O–H groups in total. The molecule has 3 rings (SSSR count). The lowest BCUT2D eigenvalue weighted by Gasteiger charge is -2.06. The van der Waals surface area contributed by atoms with E-state index in [9.17, 15) is 4.79 Å². The summed E-state index contributed by atoms with van der Waals surface area (Å²) in [7, 11) is 0. The quantitative estimate of drug-likeness (QED) is 0.801. The van der Waals surface area contributed by atoms with Gasteiger partial charge in [-0.1, -0.05) is 11.3 Å². The Morgan fingerprint density at radius 2 is 2.19 bits per heavy atom. The van der Waals surface area contributed by atoms with Crippen molar-refractivity contribution in [3.8, 4) is 0 Å². The number of fused-ring (bicyclic) bond motifs is 1. The van der Waals surface area contributed by atoms with Crippen molar-refractivity contribution >= 4 is 45.6 Å². The van der Waals surface area contributed by atoms with Crippen molar-refractivity contribution in [3.63, 3.8) is 0 Å². The topological polar surface area (TPSA) is 85.6 Å². The molecule has 0 bridgehead atoms. The van der Waals surface area contributed by atoms with E-state index in [0.717, 1.165) is 22.4 Å². The predicted molar refractivity (Wildman–Crippen MR) is 80.8 cm³/mol. The normalized spacial score (nSPS) is 11.2. The molecule has 7 nitrogen and oxygen atoms in total. The second kappa shape index (κ2) is 5.38. The highest BCUT2D eigenvalue weighted by Crippen LogP contribution is 2.20. The fourth-order valence-corrected chi connectivity index (χ4v) is 2.59. The van der Waals surface area contributed by atoms with Crippen LogP contribution in [0.2, 0.25) is 4.47 Å². The summed E-state index contributed by atoms with van der Waals surface area (Å²) in [4.78, 5) is 16.3. The van der Waals surface area contributed by atoms with Gasteiger partial charge in [0.05, 0.1) is 18.1 Å². The molecule has 0 saturated heterocycles. The van der Waals surface area contributed by atoms with E-state index in [2.05, 4.69) is 25.6 Å². The Hall–Kier alpha value is -2.06. The number of carbonyl (C=O) groups is 1. The average molecular weight is 323 g/mol. The zero-order chi connectivity index (χ0) is 15.0. The van der Waals surface area contributed by atoms with E-state index in [1.165, 1.54) is 0 Å². The summed E-state index contributed by atoms with van der Waals surface area (Å²) in [5, 5.41) is 15.3. The molecule has 3 heterocycles. The molecule has 3 aromatic rings. The third-order valence-corrected chi connectivity index (χ3v) is 3.79. The number of hydrogen-bond donors (Lipinski definition) is 1. The summed E-state index contributed by atoms with van der Waals surface area (Å²) >= 11 is 6.68. The largest absolute Gasteiger partial charge is 0.318 e. The minimum absolute atomic E-state index is 0.206. The zero-order valence-electron chi connectivity index (χ0n) is 11.2. The molecule has 0 aliphatic heterocycles. The van der Waals surface area contributed by atoms with Gasteiger partial charge in [-0.2, -0.15) is 5.10 Å². The molecule has 108 valence electrons. The Balaban J connectivity index is 1.86. The van der Waals surface area contributed by atoms with E-state index in [-0.39, 0.29) is 21.4 Å². The zero-order valence-corrected chi connectivity index (χ0v) is 12.8. The number of aromatic nitrogens is 5. The molecule has 0 unspecified atom stereocenters. The number of carbonyl (C=O) groups excluding carboxylic acids is 1. The Bertz CT molecular complexity index is 811. The monoisotopic (exact) mass is 322 g/mol. The highest BCUT2D eigenvalue weighted by molar-refractivity contribution is 7.17. The fourth-order valence-electron chi connectivity index (χ4n) is 1.87. The molecule has 0 fully saturated rings. The maximum absolute atomic E-state index is 12.0. The van der Waals surface area contributed by atoms with Crippen LogP contribution in [0, 0.1) is 0 Å². The van der Waals surface area contributed by atoms with Crippen LogP contribution in [0.4, 0.5) is 5.69 Å². The van der Waals surface area contributed by atoms with Crippen molar-refractivity contribution in [2.75, 3.05) is 5.32 Å². The van der Waals surface area contributed by atoms with E-state index in [4.69, 9.17) is 11.6 Å². The van der Waals surface area contributed by atoms with Crippen LogP contribution in [0.5, 0.6) is 0 Å². The SMILES string of the molecule is CC(C)n1ncc2cc(NC(=O)c3nnc(Cl)s3)cnc21. The van der Waals surface area contributed by atoms with E-state index < -0.39 is 0 Å². The van der Waals surface area contributed by atoms with Gasteiger partial charge < -0.3 is 5.32 Å². The molecule has 21 heavy (non-hydrogen) atoms. The lowest BCUT2D eigenvalue weighted by atomic mass is 10.3. The minimum atomic E-state index is -0.364. The molecule has 0 radical (unpaired) electrons. The standard InChI is InChI=1S/C12H11ClN6OS/c1-6(2)19-9-7(4-15-19)3-8(5-14-9)16-10(20)11-17-18-12(13)21-11/h3-6H,1-2H3,(H,16,20). The Kier molecular flexibility index (Phi) is 3.56. The van der Waals surface area contributed by atoms with Gasteiger partial charge in [0.25, 0.3) is 5.91 Å². The molecule has 0 saturated carbocycles. The van der Waals surface area contributed by atoms with Gasteiger partial charge in [-0.25, -0.2) is 9.67 Å². The molecule has 0 spiro atoms. The first-order valence-electron chi connectivity index (χ1n) is 6.18. The van der Waals surface area contributed by atoms with Gasteiger partial charge in [-0.3, -0.25) is 4.79 Å². The Labute approximate surface area is 129 Å². The van der Waals surface area contributed by atoms with Gasteiger partial charge in [-0.05, 0) is 31.5 Å². The second-order valence-corrected chi connectivity index (χ2v) is 6.19. The fraction of sp³-hybridized carbons (Fsp3) is 0.250. The van der Waals surface area contributed by atoms with Crippen molar-refractivity contribution in [2.45, 2.75) is 19.9 Å². The van der Waals surface area contributed by atoms with Crippen LogP contribution in [-0.2, 0) is 0 Å². The van der Waals surface area contributed by atoms with Crippen LogP contribution in [0.3, 0.4) is 0 Å². The highest BCUT2D eigenvalue weighted by atomic mass is 35.5. The predicted octanol–water partition coefficient (Wildman–Crippen LogP) is 2.77. The van der Waals surface area contributed by atoms with Crippen LogP contribution in [0.25, 0.3) is 11.0 Å². The van der Waals surface area contributed by atoms with E-state index in [1.54, 1.807) is 12.4 Å². The molecule has 0 aromatic carbocycles. The maximum atomic E-state index is 12.0. The van der Waals surface area contributed by atoms with E-state index in [1.807, 2.05) is 24.6 Å². The van der Waals surface area contributed by atoms with Crippen molar-refractivity contribution in [3.05, 3.63) is 27.9 Å². The molecular formula is C12H11ClN6OS. The third-order valence-electron chi connectivity index (χ3n) is 2.77. The lowest BCUT2D eigenvalue weighted by molar-refractivity contribution is 0.102. The van der Waals surface area contributed by atoms with Gasteiger partial charge in [0.2, 0.25) is 9.47 Å². The van der Waals surface area contributed by atoms with E-state index >= 15 is 0 Å². The number of nitrogens with zero attached hydrogens (tertiary/aromatic N) is 5. The third kappa shape index (κ3) is 2.72. The molecular weight excluding hydrogens is 312 g/mol. The molecule has 0 aliphatic carbocycles. The molecule has 3 aromatic heterocycles. The first kappa shape index (κ1) is 13.9. The van der Waals surface area contributed by atoms with Gasteiger partial charge in [0.15, 0.2) is 5.65 Å². The first-order chi connectivity index (χ1) is 10.0. The van der Waals surface area contributed by atoms with Crippen LogP contribution in [-0.4, -0.2) is 30.9 Å². The van der Waals surface area contributed by atoms with Crippen LogP contribution in [0.1, 0.15) is 29.7 Å². The summed E-state index contributed by atoms with van der Waals surface area (Å²) in [6.07, 6.45) is 3.31. The summed E-state index contributed by atoms with van der Waals surface area (Å²) in [6.45, 7) is 4.06. The van der Waals surface area contributed by atoms with Crippen molar-refractivity contribution in [1.82, 2.24) is 25.0 Å². The van der Waals surface area contributed by atoms with Crippen LogP contribution in [0.15, 0.2) is 18.5 Å². The number of nitrogens with one attached hydrogen (secondary N) is 1. The van der Waals surface area contributed by atoms with Crippen LogP contribution < -0.4 is 5.32 Å². The summed E-state index contributed by atoms with van der Waals surface area (Å²) in [5.41, 5.74) is 1.35. The number of anilines is 1. The number of pyridine rings is 1. The first-order valence-corrected chi connectivity index (χ1v) is 7.37. The molecule has 1 amide bonds. The molecule has 9 heteroatoms. The summed E-state index contributed by atoms with van der Waals surface area (Å²) in [5.74, 6) is -0.364. The van der Waals surface area contributed by atoms with Crippen molar-refractivity contribution < 1.29 is 4.79 Å². The number of hydrogen-bond acceptors (Lipinski definition) is 6. The van der Waals surface area contributed by atoms with Gasteiger partial charge in [0, 0.05) is 11.4 Å².